The average molecular weight is 286 g/mol. The molecular weight excluding hydrogens is 262 g/mol. The summed E-state index contributed by atoms with van der Waals surface area (Å²) in [6.45, 7) is 13.2. The molecule has 3 nitrogen and oxygen atoms in total. The van der Waals surface area contributed by atoms with E-state index < -0.39 is 0 Å². The molecule has 1 aromatic carbocycles. The second-order valence-corrected chi connectivity index (χ2v) is 6.15. The van der Waals surface area contributed by atoms with Gasteiger partial charge in [0.1, 0.15) is 0 Å². The third-order valence-electron chi connectivity index (χ3n) is 4.29. The first kappa shape index (κ1) is 15.5. The highest BCUT2D eigenvalue weighted by atomic mass is 16.5. The summed E-state index contributed by atoms with van der Waals surface area (Å²) in [5, 5.41) is 0. The van der Waals surface area contributed by atoms with E-state index in [1.807, 2.05) is 0 Å². The number of hydrogen-bond acceptors (Lipinski definition) is 2. The summed E-state index contributed by atoms with van der Waals surface area (Å²) in [6.07, 6.45) is 0.806. The van der Waals surface area contributed by atoms with Crippen molar-refractivity contribution < 1.29 is 14.1 Å². The monoisotopic (exact) mass is 286 g/mol. The maximum Gasteiger partial charge on any atom is 0.333 e. The summed E-state index contributed by atoms with van der Waals surface area (Å²) >= 11 is 0. The van der Waals surface area contributed by atoms with Crippen molar-refractivity contribution in [2.75, 3.05) is 13.2 Å². The van der Waals surface area contributed by atoms with Crippen molar-refractivity contribution in [3.05, 3.63) is 42.0 Å². The van der Waals surface area contributed by atoms with Crippen LogP contribution in [0.2, 0.25) is 0 Å². The lowest BCUT2D eigenvalue weighted by Gasteiger charge is -2.14. The van der Waals surface area contributed by atoms with Crippen molar-refractivity contribution in [2.24, 2.45) is 0 Å². The summed E-state index contributed by atoms with van der Waals surface area (Å²) in [6, 6.07) is 8.51. The van der Waals surface area contributed by atoms with E-state index >= 15 is 0 Å². The van der Waals surface area contributed by atoms with Crippen LogP contribution in [0, 0.1) is 0 Å². The summed E-state index contributed by atoms with van der Waals surface area (Å²) < 4.78 is 7.50. The van der Waals surface area contributed by atoms with Gasteiger partial charge in [-0.15, -0.1) is 0 Å². The Morgan fingerprint density at radius 3 is 2.67 bits per heavy atom. The van der Waals surface area contributed by atoms with Gasteiger partial charge >= 0.3 is 5.97 Å². The number of fused-ring (bicyclic) bond motifs is 1. The van der Waals surface area contributed by atoms with Gasteiger partial charge in [0.25, 0.3) is 0 Å². The predicted octanol–water partition coefficient (Wildman–Crippen LogP) is 3.59. The van der Waals surface area contributed by atoms with Crippen molar-refractivity contribution in [1.82, 2.24) is 0 Å². The summed E-state index contributed by atoms with van der Waals surface area (Å²) in [5.74, 6) is -0.308. The molecule has 0 bridgehead atoms. The van der Waals surface area contributed by atoms with E-state index in [9.17, 15) is 4.79 Å². The lowest BCUT2D eigenvalue weighted by Crippen LogP contribution is -2.27. The Kier molecular flexibility index (Phi) is 4.31. The maximum atomic E-state index is 11.4. The molecule has 0 unspecified atom stereocenters. The van der Waals surface area contributed by atoms with Crippen LogP contribution in [0.1, 0.15) is 39.7 Å². The summed E-state index contributed by atoms with van der Waals surface area (Å²) in [5.41, 5.74) is 4.48. The number of ether oxygens (including phenoxy) is 1. The van der Waals surface area contributed by atoms with Gasteiger partial charge in [-0.05, 0) is 20.8 Å². The Morgan fingerprint density at radius 2 is 2.00 bits per heavy atom. The van der Waals surface area contributed by atoms with E-state index in [2.05, 4.69) is 56.2 Å². The van der Waals surface area contributed by atoms with E-state index in [4.69, 9.17) is 4.74 Å². The van der Waals surface area contributed by atoms with Crippen molar-refractivity contribution in [3.8, 4) is 0 Å². The smallest absolute Gasteiger partial charge is 0.333 e. The van der Waals surface area contributed by atoms with Gasteiger partial charge < -0.3 is 4.74 Å². The second kappa shape index (κ2) is 5.84. The van der Waals surface area contributed by atoms with Gasteiger partial charge in [-0.1, -0.05) is 24.8 Å². The molecule has 0 saturated carbocycles. The zero-order valence-electron chi connectivity index (χ0n) is 13.4. The minimum atomic E-state index is -0.308. The maximum absolute atomic E-state index is 11.4. The fraction of sp³-hybridized carbons (Fsp3) is 0.444. The van der Waals surface area contributed by atoms with Gasteiger partial charge in [-0.2, -0.15) is 4.58 Å². The average Bonchev–Trinajstić information content (AvgIpc) is 2.64. The molecule has 1 aliphatic heterocycles. The summed E-state index contributed by atoms with van der Waals surface area (Å²) in [4.78, 5) is 11.4. The van der Waals surface area contributed by atoms with E-state index in [-0.39, 0.29) is 11.4 Å². The largest absolute Gasteiger partial charge is 0.462 e. The quantitative estimate of drug-likeness (QED) is 0.358. The Bertz CT molecular complexity index is 611. The van der Waals surface area contributed by atoms with Crippen LogP contribution in [-0.4, -0.2) is 29.4 Å². The van der Waals surface area contributed by atoms with Crippen molar-refractivity contribution in [3.63, 3.8) is 0 Å². The first-order chi connectivity index (χ1) is 9.85. The number of benzene rings is 1. The zero-order valence-corrected chi connectivity index (χ0v) is 13.4. The number of carbonyl (C=O) groups excluding carboxylic acids is 1. The fourth-order valence-corrected chi connectivity index (χ4v) is 2.75. The Morgan fingerprint density at radius 1 is 1.33 bits per heavy atom. The highest BCUT2D eigenvalue weighted by Crippen LogP contribution is 2.39. The third kappa shape index (κ3) is 2.92. The summed E-state index contributed by atoms with van der Waals surface area (Å²) in [7, 11) is 0. The van der Waals surface area contributed by atoms with Crippen LogP contribution in [0.3, 0.4) is 0 Å². The number of rotatable bonds is 5. The third-order valence-corrected chi connectivity index (χ3v) is 4.29. The van der Waals surface area contributed by atoms with Gasteiger partial charge in [-0.3, -0.25) is 0 Å². The van der Waals surface area contributed by atoms with Crippen LogP contribution >= 0.6 is 0 Å². The van der Waals surface area contributed by atoms with Crippen molar-refractivity contribution in [2.45, 2.75) is 39.5 Å². The van der Waals surface area contributed by atoms with Gasteiger partial charge in [0, 0.05) is 30.5 Å². The molecule has 0 radical (unpaired) electrons. The molecule has 112 valence electrons. The molecule has 2 rings (SSSR count). The Labute approximate surface area is 126 Å². The molecular formula is C18H24NO2+. The van der Waals surface area contributed by atoms with Crippen LogP contribution < -0.4 is 0 Å². The molecule has 0 aliphatic carbocycles. The second-order valence-electron chi connectivity index (χ2n) is 6.15. The predicted molar refractivity (Wildman–Crippen MR) is 85.3 cm³/mol. The van der Waals surface area contributed by atoms with Crippen LogP contribution in [0.4, 0.5) is 5.69 Å². The first-order valence-corrected chi connectivity index (χ1v) is 7.39. The Balaban J connectivity index is 2.05. The molecule has 3 heteroatoms. The molecule has 1 aromatic rings. The molecule has 0 N–H and O–H groups in total. The minimum absolute atomic E-state index is 0.0605. The van der Waals surface area contributed by atoms with E-state index in [1.54, 1.807) is 6.92 Å². The van der Waals surface area contributed by atoms with Crippen molar-refractivity contribution >= 4 is 17.4 Å². The van der Waals surface area contributed by atoms with E-state index in [0.29, 0.717) is 12.2 Å². The molecule has 0 saturated heterocycles. The number of carbonyl (C=O) groups is 1. The number of nitrogens with zero attached hydrogens (tertiary/aromatic N) is 1. The normalized spacial score (nSPS) is 15.8. The molecule has 21 heavy (non-hydrogen) atoms. The van der Waals surface area contributed by atoms with Crippen LogP contribution in [0.5, 0.6) is 0 Å². The van der Waals surface area contributed by atoms with Gasteiger partial charge in [-0.25, -0.2) is 4.79 Å². The number of para-hydroxylation sites is 1. The first-order valence-electron chi connectivity index (χ1n) is 7.39. The zero-order chi connectivity index (χ0) is 15.6. The highest BCUT2D eigenvalue weighted by Gasteiger charge is 2.42. The van der Waals surface area contributed by atoms with Gasteiger partial charge in [0.2, 0.25) is 5.69 Å². The van der Waals surface area contributed by atoms with E-state index in [1.165, 1.54) is 17.0 Å². The number of hydrogen-bond donors (Lipinski definition) is 0. The molecule has 0 aromatic heterocycles. The van der Waals surface area contributed by atoms with Crippen LogP contribution in [-0.2, 0) is 14.9 Å². The van der Waals surface area contributed by atoms with Gasteiger partial charge in [0.15, 0.2) is 12.3 Å². The lowest BCUT2D eigenvalue weighted by atomic mass is 9.82. The number of esters is 1. The van der Waals surface area contributed by atoms with Crippen LogP contribution in [0.25, 0.3) is 0 Å². The molecule has 0 spiro atoms. The fourth-order valence-electron chi connectivity index (χ4n) is 2.75. The van der Waals surface area contributed by atoms with Crippen LogP contribution in [0.15, 0.2) is 36.4 Å². The van der Waals surface area contributed by atoms with Gasteiger partial charge in [0.05, 0.1) is 12.0 Å². The van der Waals surface area contributed by atoms with Crippen molar-refractivity contribution in [1.29, 1.82) is 0 Å². The highest BCUT2D eigenvalue weighted by molar-refractivity contribution is 5.93. The Hall–Kier alpha value is -1.90. The molecule has 1 heterocycles. The lowest BCUT2D eigenvalue weighted by molar-refractivity contribution is -0.440. The molecule has 0 fully saturated rings. The molecule has 0 atom stereocenters. The van der Waals surface area contributed by atoms with E-state index in [0.717, 1.165) is 13.0 Å². The molecule has 0 amide bonds. The SMILES string of the molecule is C=C(C)C(=O)OCCC[N+]1=C(C)C(C)(C)c2ccccc21. The molecule has 1 aliphatic rings. The standard InChI is InChI=1S/C18H24NO2/c1-13(2)17(20)21-12-8-11-19-14(3)18(4,5)15-9-6-7-10-16(15)19/h6-7,9-10H,1,8,11-12H2,2-5H3/q+1. The topological polar surface area (TPSA) is 29.3 Å². The minimum Gasteiger partial charge on any atom is -0.462 e.